The van der Waals surface area contributed by atoms with E-state index >= 15 is 0 Å². The second kappa shape index (κ2) is 5.65. The van der Waals surface area contributed by atoms with Gasteiger partial charge in [-0.1, -0.05) is 18.2 Å². The summed E-state index contributed by atoms with van der Waals surface area (Å²) in [4.78, 5) is 0.113. The van der Waals surface area contributed by atoms with Gasteiger partial charge in [-0.2, -0.15) is 5.10 Å². The van der Waals surface area contributed by atoms with Gasteiger partial charge in [0.05, 0.1) is 6.20 Å². The van der Waals surface area contributed by atoms with E-state index in [-0.39, 0.29) is 18.0 Å². The fraction of sp³-hybridized carbons (Fsp3) is 0.182. The van der Waals surface area contributed by atoms with Crippen molar-refractivity contribution in [2.24, 2.45) is 0 Å². The summed E-state index contributed by atoms with van der Waals surface area (Å²) in [7, 11) is -3.50. The van der Waals surface area contributed by atoms with E-state index in [2.05, 4.69) is 14.9 Å². The summed E-state index contributed by atoms with van der Waals surface area (Å²) in [6, 6.07) is 9.21. The van der Waals surface area contributed by atoms with E-state index < -0.39 is 10.0 Å². The molecule has 7 heteroatoms. The van der Waals surface area contributed by atoms with Gasteiger partial charge in [-0.15, -0.1) is 0 Å². The molecule has 0 amide bonds. The van der Waals surface area contributed by atoms with E-state index in [1.165, 1.54) is 12.4 Å². The van der Waals surface area contributed by atoms with Gasteiger partial charge in [0.2, 0.25) is 10.0 Å². The molecule has 6 nitrogen and oxygen atoms in total. The molecule has 2 N–H and O–H groups in total. The van der Waals surface area contributed by atoms with Gasteiger partial charge in [-0.3, -0.25) is 5.10 Å². The van der Waals surface area contributed by atoms with E-state index in [9.17, 15) is 8.42 Å². The molecule has 0 radical (unpaired) electrons. The highest BCUT2D eigenvalue weighted by Gasteiger charge is 2.13. The average molecular weight is 267 g/mol. The SMILES string of the molecule is O=S(=O)(NCCOc1ccccc1)c1cn[nH]c1. The highest BCUT2D eigenvalue weighted by molar-refractivity contribution is 7.89. The smallest absolute Gasteiger partial charge is 0.243 e. The molecule has 0 aliphatic heterocycles. The van der Waals surface area contributed by atoms with Crippen LogP contribution in [0.3, 0.4) is 0 Å². The first-order valence-electron chi connectivity index (χ1n) is 5.35. The number of rotatable bonds is 6. The van der Waals surface area contributed by atoms with Gasteiger partial charge in [0.15, 0.2) is 0 Å². The molecule has 0 fully saturated rings. The minimum Gasteiger partial charge on any atom is -0.492 e. The van der Waals surface area contributed by atoms with Gasteiger partial charge in [-0.05, 0) is 12.1 Å². The molecule has 2 rings (SSSR count). The number of nitrogens with zero attached hydrogens (tertiary/aromatic N) is 1. The summed E-state index contributed by atoms with van der Waals surface area (Å²) in [5.74, 6) is 0.708. The standard InChI is InChI=1S/C11H13N3O3S/c15-18(16,11-8-12-13-9-11)14-6-7-17-10-4-2-1-3-5-10/h1-5,8-9,14H,6-7H2,(H,12,13). The van der Waals surface area contributed by atoms with E-state index in [4.69, 9.17) is 4.74 Å². The van der Waals surface area contributed by atoms with Crippen molar-refractivity contribution in [3.05, 3.63) is 42.7 Å². The lowest BCUT2D eigenvalue weighted by atomic mass is 10.3. The Balaban J connectivity index is 1.79. The Hall–Kier alpha value is -1.86. The molecule has 0 aliphatic rings. The molecule has 1 aromatic carbocycles. The van der Waals surface area contributed by atoms with Crippen LogP contribution >= 0.6 is 0 Å². The lowest BCUT2D eigenvalue weighted by Gasteiger charge is -2.07. The molecule has 0 bridgehead atoms. The normalized spacial score (nSPS) is 11.3. The minimum atomic E-state index is -3.50. The van der Waals surface area contributed by atoms with Crippen molar-refractivity contribution in [3.63, 3.8) is 0 Å². The number of ether oxygens (including phenoxy) is 1. The zero-order valence-electron chi connectivity index (χ0n) is 9.54. The molecular formula is C11H13N3O3S. The van der Waals surface area contributed by atoms with Crippen molar-refractivity contribution in [2.45, 2.75) is 4.90 Å². The Kier molecular flexibility index (Phi) is 3.96. The second-order valence-corrected chi connectivity index (χ2v) is 5.26. The van der Waals surface area contributed by atoms with Crippen molar-refractivity contribution in [3.8, 4) is 5.75 Å². The molecule has 0 unspecified atom stereocenters. The van der Waals surface area contributed by atoms with Crippen molar-refractivity contribution >= 4 is 10.0 Å². The van der Waals surface area contributed by atoms with Crippen LogP contribution in [-0.4, -0.2) is 31.8 Å². The third-order valence-electron chi connectivity index (χ3n) is 2.19. The summed E-state index contributed by atoms with van der Waals surface area (Å²) < 4.78 is 31.1. The molecule has 1 aromatic heterocycles. The Morgan fingerprint density at radius 2 is 2.06 bits per heavy atom. The predicted molar refractivity (Wildman–Crippen MR) is 65.7 cm³/mol. The second-order valence-electron chi connectivity index (χ2n) is 3.49. The van der Waals surface area contributed by atoms with Gasteiger partial charge in [-0.25, -0.2) is 13.1 Å². The summed E-state index contributed by atoms with van der Waals surface area (Å²) >= 11 is 0. The number of hydrogen-bond donors (Lipinski definition) is 2. The quantitative estimate of drug-likeness (QED) is 0.757. The van der Waals surface area contributed by atoms with E-state index in [0.717, 1.165) is 0 Å². The molecule has 0 spiro atoms. The number of sulfonamides is 1. The van der Waals surface area contributed by atoms with Gasteiger partial charge in [0.1, 0.15) is 17.3 Å². The van der Waals surface area contributed by atoms with Gasteiger partial charge in [0.25, 0.3) is 0 Å². The summed E-state index contributed by atoms with van der Waals surface area (Å²) in [6.07, 6.45) is 2.57. The molecule has 1 heterocycles. The highest BCUT2D eigenvalue weighted by atomic mass is 32.2. The molecule has 0 saturated carbocycles. The molecule has 0 aliphatic carbocycles. The fourth-order valence-electron chi connectivity index (χ4n) is 1.33. The number of H-pyrrole nitrogens is 1. The van der Waals surface area contributed by atoms with E-state index in [1.54, 1.807) is 0 Å². The van der Waals surface area contributed by atoms with Crippen LogP contribution in [0.15, 0.2) is 47.6 Å². The zero-order valence-corrected chi connectivity index (χ0v) is 10.4. The number of nitrogens with one attached hydrogen (secondary N) is 2. The molecule has 2 aromatic rings. The van der Waals surface area contributed by atoms with Crippen LogP contribution in [-0.2, 0) is 10.0 Å². The van der Waals surface area contributed by atoms with Crippen molar-refractivity contribution in [1.29, 1.82) is 0 Å². The Morgan fingerprint density at radius 3 is 2.72 bits per heavy atom. The maximum atomic E-state index is 11.7. The summed E-state index contributed by atoms with van der Waals surface area (Å²) in [5.41, 5.74) is 0. The topological polar surface area (TPSA) is 84.1 Å². The van der Waals surface area contributed by atoms with Crippen molar-refractivity contribution in [2.75, 3.05) is 13.2 Å². The van der Waals surface area contributed by atoms with Crippen LogP contribution < -0.4 is 9.46 Å². The first kappa shape index (κ1) is 12.6. The number of benzene rings is 1. The minimum absolute atomic E-state index is 0.113. The average Bonchev–Trinajstić information content (AvgIpc) is 2.91. The molecular weight excluding hydrogens is 254 g/mol. The van der Waals surface area contributed by atoms with E-state index in [0.29, 0.717) is 5.75 Å². The molecule has 18 heavy (non-hydrogen) atoms. The predicted octanol–water partition coefficient (Wildman–Crippen LogP) is 0.767. The summed E-state index contributed by atoms with van der Waals surface area (Å²) in [6.45, 7) is 0.462. The lowest BCUT2D eigenvalue weighted by Crippen LogP contribution is -2.28. The highest BCUT2D eigenvalue weighted by Crippen LogP contribution is 2.08. The van der Waals surface area contributed by atoms with Gasteiger partial charge in [0, 0.05) is 12.7 Å². The largest absolute Gasteiger partial charge is 0.492 e. The number of para-hydroxylation sites is 1. The lowest BCUT2D eigenvalue weighted by molar-refractivity contribution is 0.323. The Labute approximate surface area is 105 Å². The molecule has 0 atom stereocenters. The van der Waals surface area contributed by atoms with Crippen molar-refractivity contribution < 1.29 is 13.2 Å². The van der Waals surface area contributed by atoms with E-state index in [1.807, 2.05) is 30.3 Å². The first-order valence-corrected chi connectivity index (χ1v) is 6.83. The third-order valence-corrected chi connectivity index (χ3v) is 3.62. The first-order chi connectivity index (χ1) is 8.68. The third kappa shape index (κ3) is 3.31. The monoisotopic (exact) mass is 267 g/mol. The van der Waals surface area contributed by atoms with Crippen LogP contribution in [0.5, 0.6) is 5.75 Å². The number of hydrogen-bond acceptors (Lipinski definition) is 4. The number of aromatic nitrogens is 2. The van der Waals surface area contributed by atoms with Crippen LogP contribution in [0, 0.1) is 0 Å². The molecule has 96 valence electrons. The van der Waals surface area contributed by atoms with Crippen LogP contribution in [0.25, 0.3) is 0 Å². The maximum Gasteiger partial charge on any atom is 0.243 e. The Morgan fingerprint density at radius 1 is 1.28 bits per heavy atom. The van der Waals surface area contributed by atoms with Crippen LogP contribution in [0.2, 0.25) is 0 Å². The van der Waals surface area contributed by atoms with Gasteiger partial charge < -0.3 is 4.74 Å². The van der Waals surface area contributed by atoms with Crippen LogP contribution in [0.4, 0.5) is 0 Å². The maximum absolute atomic E-state index is 11.7. The molecule has 0 saturated heterocycles. The van der Waals surface area contributed by atoms with Gasteiger partial charge >= 0.3 is 0 Å². The fourth-order valence-corrected chi connectivity index (χ4v) is 2.25. The van der Waals surface area contributed by atoms with Crippen LogP contribution in [0.1, 0.15) is 0 Å². The summed E-state index contributed by atoms with van der Waals surface area (Å²) in [5, 5.41) is 6.04. The number of aromatic amines is 1. The zero-order chi connectivity index (χ0) is 12.8. The van der Waals surface area contributed by atoms with Crippen molar-refractivity contribution in [1.82, 2.24) is 14.9 Å². The Bertz CT molecular complexity index is 567.